The van der Waals surface area contributed by atoms with Gasteiger partial charge in [0.15, 0.2) is 5.60 Å². The quantitative estimate of drug-likeness (QED) is 0.739. The molecule has 1 saturated carbocycles. The van der Waals surface area contributed by atoms with Crippen molar-refractivity contribution in [2.24, 2.45) is 17.8 Å². The Bertz CT molecular complexity index is 458. The molecular formula is C15H20O3S. The minimum Gasteiger partial charge on any atom is -0.369 e. The van der Waals surface area contributed by atoms with Gasteiger partial charge >= 0.3 is 0 Å². The average molecular weight is 280 g/mol. The lowest BCUT2D eigenvalue weighted by atomic mass is 9.54. The molecule has 4 heteroatoms. The SMILES string of the molecule is CO[C@@]1(CSC)C(=O)[C@]2(OC)C=C[C@H]1[C@H]1CC=C[C@H]12. The maximum Gasteiger partial charge on any atom is 0.202 e. The van der Waals surface area contributed by atoms with E-state index in [0.29, 0.717) is 11.7 Å². The highest BCUT2D eigenvalue weighted by molar-refractivity contribution is 7.98. The second kappa shape index (κ2) is 4.47. The van der Waals surface area contributed by atoms with Crippen LogP contribution < -0.4 is 0 Å². The molecule has 4 rings (SSSR count). The molecule has 0 N–H and O–H groups in total. The third-order valence-corrected chi connectivity index (χ3v) is 5.78. The van der Waals surface area contributed by atoms with Crippen molar-refractivity contribution in [2.45, 2.75) is 17.6 Å². The summed E-state index contributed by atoms with van der Waals surface area (Å²) in [5, 5.41) is 0. The Morgan fingerprint density at radius 3 is 2.74 bits per heavy atom. The Kier molecular flexibility index (Phi) is 3.15. The monoisotopic (exact) mass is 280 g/mol. The predicted molar refractivity (Wildman–Crippen MR) is 76.2 cm³/mol. The van der Waals surface area contributed by atoms with Gasteiger partial charge in [0.2, 0.25) is 5.78 Å². The van der Waals surface area contributed by atoms with E-state index in [1.54, 1.807) is 26.0 Å². The maximum atomic E-state index is 13.1. The van der Waals surface area contributed by atoms with Crippen LogP contribution in [0, 0.1) is 17.8 Å². The van der Waals surface area contributed by atoms with Gasteiger partial charge in [0, 0.05) is 31.8 Å². The van der Waals surface area contributed by atoms with Crippen LogP contribution in [0.4, 0.5) is 0 Å². The summed E-state index contributed by atoms with van der Waals surface area (Å²) in [5.74, 6) is 1.54. The zero-order valence-corrected chi connectivity index (χ0v) is 12.4. The Morgan fingerprint density at radius 1 is 1.32 bits per heavy atom. The molecule has 0 saturated heterocycles. The number of methoxy groups -OCH3 is 2. The molecule has 4 aliphatic rings. The number of ketones is 1. The topological polar surface area (TPSA) is 35.5 Å². The summed E-state index contributed by atoms with van der Waals surface area (Å²) < 4.78 is 11.5. The molecule has 0 radical (unpaired) electrons. The summed E-state index contributed by atoms with van der Waals surface area (Å²) >= 11 is 1.66. The van der Waals surface area contributed by atoms with Crippen molar-refractivity contribution in [1.82, 2.24) is 0 Å². The maximum absolute atomic E-state index is 13.1. The highest BCUT2D eigenvalue weighted by Crippen LogP contribution is 2.56. The minimum atomic E-state index is -0.821. The van der Waals surface area contributed by atoms with E-state index in [1.165, 1.54) is 0 Å². The van der Waals surface area contributed by atoms with Gasteiger partial charge in [-0.25, -0.2) is 0 Å². The van der Waals surface area contributed by atoms with Gasteiger partial charge < -0.3 is 9.47 Å². The van der Waals surface area contributed by atoms with E-state index in [2.05, 4.69) is 18.2 Å². The van der Waals surface area contributed by atoms with E-state index in [9.17, 15) is 4.79 Å². The zero-order chi connectivity index (χ0) is 13.7. The third-order valence-electron chi connectivity index (χ3n) is 5.06. The number of rotatable bonds is 4. The first-order valence-electron chi connectivity index (χ1n) is 6.66. The molecule has 19 heavy (non-hydrogen) atoms. The van der Waals surface area contributed by atoms with Crippen LogP contribution >= 0.6 is 11.8 Å². The Labute approximate surface area is 118 Å². The number of thioether (sulfide) groups is 1. The lowest BCUT2D eigenvalue weighted by Crippen LogP contribution is -2.70. The molecule has 0 heterocycles. The first-order chi connectivity index (χ1) is 9.16. The molecule has 1 fully saturated rings. The van der Waals surface area contributed by atoms with E-state index >= 15 is 0 Å². The van der Waals surface area contributed by atoms with Crippen molar-refractivity contribution in [3.05, 3.63) is 24.3 Å². The lowest BCUT2D eigenvalue weighted by Gasteiger charge is -2.56. The van der Waals surface area contributed by atoms with Crippen molar-refractivity contribution < 1.29 is 14.3 Å². The number of allylic oxidation sites excluding steroid dienone is 1. The summed E-state index contributed by atoms with van der Waals surface area (Å²) in [6.07, 6.45) is 11.5. The van der Waals surface area contributed by atoms with Gasteiger partial charge in [0.25, 0.3) is 0 Å². The molecule has 3 nitrogen and oxygen atoms in total. The van der Waals surface area contributed by atoms with Crippen molar-refractivity contribution >= 4 is 17.5 Å². The predicted octanol–water partition coefficient (Wildman–Crippen LogP) is 2.08. The fourth-order valence-corrected chi connectivity index (χ4v) is 5.04. The smallest absolute Gasteiger partial charge is 0.202 e. The number of ether oxygens (including phenoxy) is 2. The lowest BCUT2D eigenvalue weighted by molar-refractivity contribution is -0.186. The van der Waals surface area contributed by atoms with E-state index in [4.69, 9.17) is 9.47 Å². The van der Waals surface area contributed by atoms with Gasteiger partial charge in [-0.05, 0) is 24.7 Å². The summed E-state index contributed by atoms with van der Waals surface area (Å²) in [6, 6.07) is 0. The van der Waals surface area contributed by atoms with Crippen molar-refractivity contribution in [3.63, 3.8) is 0 Å². The molecule has 0 aliphatic heterocycles. The molecule has 4 aliphatic carbocycles. The van der Waals surface area contributed by atoms with Gasteiger partial charge in [-0.1, -0.05) is 18.2 Å². The van der Waals surface area contributed by atoms with Crippen molar-refractivity contribution in [2.75, 3.05) is 26.2 Å². The number of fused-ring (bicyclic) bond motifs is 1. The number of carbonyl (C=O) groups is 1. The molecular weight excluding hydrogens is 260 g/mol. The molecule has 0 aromatic heterocycles. The number of carbonyl (C=O) groups excluding carboxylic acids is 1. The highest BCUT2D eigenvalue weighted by Gasteiger charge is 2.67. The molecule has 104 valence electrons. The summed E-state index contributed by atoms with van der Waals surface area (Å²) in [5.41, 5.74) is -1.55. The average Bonchev–Trinajstić information content (AvgIpc) is 2.93. The third kappa shape index (κ3) is 1.45. The van der Waals surface area contributed by atoms with Crippen LogP contribution in [-0.4, -0.2) is 43.2 Å². The molecule has 0 unspecified atom stereocenters. The van der Waals surface area contributed by atoms with E-state index in [0.717, 1.165) is 6.42 Å². The molecule has 5 atom stereocenters. The Morgan fingerprint density at radius 2 is 2.11 bits per heavy atom. The minimum absolute atomic E-state index is 0.0969. The summed E-state index contributed by atoms with van der Waals surface area (Å²) in [6.45, 7) is 0. The second-order valence-corrected chi connectivity index (χ2v) is 6.46. The fourth-order valence-electron chi connectivity index (χ4n) is 4.17. The van der Waals surface area contributed by atoms with Crippen LogP contribution in [0.5, 0.6) is 0 Å². The largest absolute Gasteiger partial charge is 0.369 e. The first kappa shape index (κ1) is 13.4. The zero-order valence-electron chi connectivity index (χ0n) is 11.6. The number of hydrogen-bond donors (Lipinski definition) is 0. The van der Waals surface area contributed by atoms with Crippen LogP contribution in [-0.2, 0) is 14.3 Å². The molecule has 0 amide bonds. The van der Waals surface area contributed by atoms with Crippen LogP contribution in [0.2, 0.25) is 0 Å². The highest BCUT2D eigenvalue weighted by atomic mass is 32.2. The van der Waals surface area contributed by atoms with Crippen molar-refractivity contribution in [1.29, 1.82) is 0 Å². The number of hydrogen-bond acceptors (Lipinski definition) is 4. The van der Waals surface area contributed by atoms with Gasteiger partial charge in [-0.15, -0.1) is 0 Å². The van der Waals surface area contributed by atoms with Gasteiger partial charge in [-0.3, -0.25) is 4.79 Å². The van der Waals surface area contributed by atoms with Crippen LogP contribution in [0.25, 0.3) is 0 Å². The van der Waals surface area contributed by atoms with E-state index in [1.807, 2.05) is 12.3 Å². The standard InChI is InChI=1S/C15H20O3S/c1-17-14-8-7-12(10-5-4-6-11(10)14)15(18-2,9-19-3)13(14)16/h4,6-8,10-12H,5,9H2,1-3H3/t10-,11+,12-,14-,15+/m0/s1. The number of Topliss-reactive ketones (excluding diaryl/α,β-unsaturated/α-hetero) is 1. The molecule has 0 aromatic carbocycles. The molecule has 2 bridgehead atoms. The van der Waals surface area contributed by atoms with E-state index in [-0.39, 0.29) is 17.6 Å². The van der Waals surface area contributed by atoms with Gasteiger partial charge in [-0.2, -0.15) is 11.8 Å². The molecule has 0 spiro atoms. The molecule has 0 aromatic rings. The van der Waals surface area contributed by atoms with Crippen LogP contribution in [0.3, 0.4) is 0 Å². The van der Waals surface area contributed by atoms with Gasteiger partial charge in [0.1, 0.15) is 5.60 Å². The second-order valence-electron chi connectivity index (χ2n) is 5.59. The normalized spacial score (nSPS) is 46.9. The van der Waals surface area contributed by atoms with E-state index < -0.39 is 11.2 Å². The van der Waals surface area contributed by atoms with Crippen molar-refractivity contribution in [3.8, 4) is 0 Å². The first-order valence-corrected chi connectivity index (χ1v) is 8.06. The Hall–Kier alpha value is -0.580. The van der Waals surface area contributed by atoms with Crippen LogP contribution in [0.15, 0.2) is 24.3 Å². The summed E-state index contributed by atoms with van der Waals surface area (Å²) in [4.78, 5) is 13.1. The van der Waals surface area contributed by atoms with Gasteiger partial charge in [0.05, 0.1) is 0 Å². The summed E-state index contributed by atoms with van der Waals surface area (Å²) in [7, 11) is 3.29. The Balaban J connectivity index is 2.14. The van der Waals surface area contributed by atoms with Crippen LogP contribution in [0.1, 0.15) is 6.42 Å². The fraction of sp³-hybridized carbons (Fsp3) is 0.667.